The fourth-order valence-corrected chi connectivity index (χ4v) is 1.34. The molecule has 0 unspecified atom stereocenters. The van der Waals surface area contributed by atoms with Crippen molar-refractivity contribution < 1.29 is 0 Å². The number of benzene rings is 1. The SMILES string of the molecule is C=CCCCNc1ccc(CC)cc1. The summed E-state index contributed by atoms with van der Waals surface area (Å²) in [5.41, 5.74) is 2.60. The molecule has 0 bridgehead atoms. The van der Waals surface area contributed by atoms with E-state index in [-0.39, 0.29) is 0 Å². The van der Waals surface area contributed by atoms with Crippen LogP contribution in [0.1, 0.15) is 25.3 Å². The molecule has 0 heterocycles. The first-order chi connectivity index (χ1) is 6.86. The van der Waals surface area contributed by atoms with Gasteiger partial charge in [-0.25, -0.2) is 0 Å². The minimum atomic E-state index is 1.03. The Morgan fingerprint density at radius 1 is 1.29 bits per heavy atom. The van der Waals surface area contributed by atoms with E-state index in [1.165, 1.54) is 11.3 Å². The molecule has 0 aliphatic heterocycles. The van der Waals surface area contributed by atoms with Crippen molar-refractivity contribution in [3.63, 3.8) is 0 Å². The Bertz CT molecular complexity index is 261. The van der Waals surface area contributed by atoms with Crippen LogP contribution >= 0.6 is 0 Å². The highest BCUT2D eigenvalue weighted by atomic mass is 14.9. The van der Waals surface area contributed by atoms with Gasteiger partial charge in [0.15, 0.2) is 0 Å². The van der Waals surface area contributed by atoms with E-state index in [0.29, 0.717) is 0 Å². The van der Waals surface area contributed by atoms with Crippen molar-refractivity contribution in [1.29, 1.82) is 0 Å². The zero-order valence-electron chi connectivity index (χ0n) is 8.92. The summed E-state index contributed by atoms with van der Waals surface area (Å²) in [7, 11) is 0. The fraction of sp³-hybridized carbons (Fsp3) is 0.385. The van der Waals surface area contributed by atoms with E-state index in [1.807, 2.05) is 6.08 Å². The van der Waals surface area contributed by atoms with Gasteiger partial charge < -0.3 is 5.32 Å². The average molecular weight is 189 g/mol. The minimum Gasteiger partial charge on any atom is -0.385 e. The Balaban J connectivity index is 2.32. The summed E-state index contributed by atoms with van der Waals surface area (Å²) in [6.07, 6.45) is 5.30. The Kier molecular flexibility index (Phi) is 4.84. The molecule has 0 radical (unpaired) electrons. The maximum absolute atomic E-state index is 3.70. The Hall–Kier alpha value is -1.24. The van der Waals surface area contributed by atoms with Gasteiger partial charge in [-0.1, -0.05) is 25.1 Å². The maximum Gasteiger partial charge on any atom is 0.0340 e. The normalized spacial score (nSPS) is 9.79. The smallest absolute Gasteiger partial charge is 0.0340 e. The second kappa shape index (κ2) is 6.25. The van der Waals surface area contributed by atoms with Crippen LogP contribution in [0.5, 0.6) is 0 Å². The number of rotatable bonds is 6. The number of aryl methyl sites for hydroxylation is 1. The molecule has 0 aromatic heterocycles. The first-order valence-corrected chi connectivity index (χ1v) is 5.30. The molecule has 0 spiro atoms. The van der Waals surface area contributed by atoms with Gasteiger partial charge in [-0.15, -0.1) is 6.58 Å². The predicted octanol–water partition coefficient (Wildman–Crippen LogP) is 3.63. The largest absolute Gasteiger partial charge is 0.385 e. The number of hydrogen-bond donors (Lipinski definition) is 1. The minimum absolute atomic E-state index is 1.03. The van der Waals surface area contributed by atoms with Gasteiger partial charge >= 0.3 is 0 Å². The fourth-order valence-electron chi connectivity index (χ4n) is 1.34. The van der Waals surface area contributed by atoms with Gasteiger partial charge in [-0.2, -0.15) is 0 Å². The predicted molar refractivity (Wildman–Crippen MR) is 63.7 cm³/mol. The highest BCUT2D eigenvalue weighted by molar-refractivity contribution is 5.44. The van der Waals surface area contributed by atoms with Crippen molar-refractivity contribution in [2.75, 3.05) is 11.9 Å². The van der Waals surface area contributed by atoms with Crippen LogP contribution in [0, 0.1) is 0 Å². The molecule has 1 nitrogen and oxygen atoms in total. The van der Waals surface area contributed by atoms with Crippen molar-refractivity contribution >= 4 is 5.69 Å². The Morgan fingerprint density at radius 2 is 2.00 bits per heavy atom. The molecular weight excluding hydrogens is 170 g/mol. The van der Waals surface area contributed by atoms with Gasteiger partial charge in [-0.05, 0) is 37.0 Å². The van der Waals surface area contributed by atoms with Crippen molar-refractivity contribution in [3.05, 3.63) is 42.5 Å². The topological polar surface area (TPSA) is 12.0 Å². The molecule has 76 valence electrons. The quantitative estimate of drug-likeness (QED) is 0.532. The summed E-state index contributed by atoms with van der Waals surface area (Å²) in [5.74, 6) is 0. The first-order valence-electron chi connectivity index (χ1n) is 5.30. The molecule has 1 heteroatoms. The zero-order chi connectivity index (χ0) is 10.2. The van der Waals surface area contributed by atoms with Gasteiger partial charge in [0, 0.05) is 12.2 Å². The van der Waals surface area contributed by atoms with Crippen LogP contribution in [-0.2, 0) is 6.42 Å². The lowest BCUT2D eigenvalue weighted by Crippen LogP contribution is -2.00. The third kappa shape index (κ3) is 3.65. The van der Waals surface area contributed by atoms with E-state index < -0.39 is 0 Å². The van der Waals surface area contributed by atoms with Gasteiger partial charge in [0.1, 0.15) is 0 Å². The molecule has 0 aliphatic carbocycles. The summed E-state index contributed by atoms with van der Waals surface area (Å²) in [4.78, 5) is 0. The van der Waals surface area contributed by atoms with Gasteiger partial charge in [0.05, 0.1) is 0 Å². The molecule has 0 saturated heterocycles. The van der Waals surface area contributed by atoms with Crippen molar-refractivity contribution in [3.8, 4) is 0 Å². The third-order valence-electron chi connectivity index (χ3n) is 2.28. The Morgan fingerprint density at radius 3 is 2.57 bits per heavy atom. The molecule has 0 fully saturated rings. The average Bonchev–Trinajstić information content (AvgIpc) is 2.25. The highest BCUT2D eigenvalue weighted by Gasteiger charge is 1.91. The van der Waals surface area contributed by atoms with Crippen LogP contribution in [0.3, 0.4) is 0 Å². The second-order valence-corrected chi connectivity index (χ2v) is 3.41. The van der Waals surface area contributed by atoms with Crippen molar-refractivity contribution in [1.82, 2.24) is 0 Å². The van der Waals surface area contributed by atoms with E-state index in [9.17, 15) is 0 Å². The maximum atomic E-state index is 3.70. The van der Waals surface area contributed by atoms with Crippen molar-refractivity contribution in [2.45, 2.75) is 26.2 Å². The lowest BCUT2D eigenvalue weighted by molar-refractivity contribution is 0.891. The van der Waals surface area contributed by atoms with Crippen LogP contribution in [0.15, 0.2) is 36.9 Å². The molecule has 0 aliphatic rings. The van der Waals surface area contributed by atoms with Crippen LogP contribution in [0.2, 0.25) is 0 Å². The number of hydrogen-bond acceptors (Lipinski definition) is 1. The summed E-state index contributed by atoms with van der Waals surface area (Å²) in [6, 6.07) is 8.64. The number of unbranched alkanes of at least 4 members (excludes halogenated alkanes) is 1. The lowest BCUT2D eigenvalue weighted by atomic mass is 10.1. The van der Waals surface area contributed by atoms with E-state index in [1.54, 1.807) is 0 Å². The molecular formula is C13H19N. The van der Waals surface area contributed by atoms with Crippen LogP contribution in [-0.4, -0.2) is 6.54 Å². The van der Waals surface area contributed by atoms with Crippen LogP contribution in [0.4, 0.5) is 5.69 Å². The number of anilines is 1. The lowest BCUT2D eigenvalue weighted by Gasteiger charge is -2.05. The molecule has 0 amide bonds. The van der Waals surface area contributed by atoms with Crippen LogP contribution < -0.4 is 5.32 Å². The van der Waals surface area contributed by atoms with E-state index in [4.69, 9.17) is 0 Å². The van der Waals surface area contributed by atoms with Gasteiger partial charge in [0.25, 0.3) is 0 Å². The van der Waals surface area contributed by atoms with Gasteiger partial charge in [0.2, 0.25) is 0 Å². The second-order valence-electron chi connectivity index (χ2n) is 3.41. The molecule has 1 aromatic rings. The monoisotopic (exact) mass is 189 g/mol. The molecule has 0 atom stereocenters. The zero-order valence-corrected chi connectivity index (χ0v) is 8.92. The molecule has 0 saturated carbocycles. The Labute approximate surface area is 86.8 Å². The van der Waals surface area contributed by atoms with Crippen molar-refractivity contribution in [2.24, 2.45) is 0 Å². The standard InChI is InChI=1S/C13H19N/c1-3-5-6-11-14-13-9-7-12(4-2)8-10-13/h3,7-10,14H,1,4-6,11H2,2H3. The number of allylic oxidation sites excluding steroid dienone is 1. The van der Waals surface area contributed by atoms with E-state index in [0.717, 1.165) is 25.8 Å². The molecule has 1 aromatic carbocycles. The van der Waals surface area contributed by atoms with Gasteiger partial charge in [-0.3, -0.25) is 0 Å². The molecule has 1 N–H and O–H groups in total. The summed E-state index contributed by atoms with van der Waals surface area (Å²) >= 11 is 0. The highest BCUT2D eigenvalue weighted by Crippen LogP contribution is 2.09. The summed E-state index contributed by atoms with van der Waals surface area (Å²) < 4.78 is 0. The first kappa shape index (κ1) is 10.8. The summed E-state index contributed by atoms with van der Waals surface area (Å²) in [6.45, 7) is 6.90. The van der Waals surface area contributed by atoms with Crippen LogP contribution in [0.25, 0.3) is 0 Å². The molecule has 14 heavy (non-hydrogen) atoms. The molecule has 1 rings (SSSR count). The van der Waals surface area contributed by atoms with E-state index in [2.05, 4.69) is 43.1 Å². The van der Waals surface area contributed by atoms with E-state index >= 15 is 0 Å². The number of nitrogens with one attached hydrogen (secondary N) is 1. The summed E-state index contributed by atoms with van der Waals surface area (Å²) in [5, 5.41) is 3.38. The third-order valence-corrected chi connectivity index (χ3v) is 2.28.